The van der Waals surface area contributed by atoms with Crippen LogP contribution in [0.2, 0.25) is 0 Å². The number of piperazine rings is 1. The molecule has 21 heavy (non-hydrogen) atoms. The molecular formula is C18H29N3. The zero-order chi connectivity index (χ0) is 14.7. The molecule has 1 saturated heterocycles. The molecule has 3 heteroatoms. The molecule has 0 radical (unpaired) electrons. The van der Waals surface area contributed by atoms with Crippen molar-refractivity contribution >= 4 is 0 Å². The molecule has 0 bridgehead atoms. The Labute approximate surface area is 129 Å². The molecule has 1 aromatic carbocycles. The van der Waals surface area contributed by atoms with Crippen molar-refractivity contribution in [2.45, 2.75) is 32.2 Å². The van der Waals surface area contributed by atoms with E-state index in [2.05, 4.69) is 41.0 Å². The molecule has 2 N–H and O–H groups in total. The van der Waals surface area contributed by atoms with E-state index >= 15 is 0 Å². The Kier molecular flexibility index (Phi) is 4.94. The average Bonchev–Trinajstić information content (AvgIpc) is 3.31. The number of rotatable bonds is 6. The normalized spacial score (nSPS) is 22.4. The van der Waals surface area contributed by atoms with Crippen LogP contribution in [0, 0.1) is 12.8 Å². The quantitative estimate of drug-likeness (QED) is 0.872. The van der Waals surface area contributed by atoms with Gasteiger partial charge in [0.05, 0.1) is 0 Å². The van der Waals surface area contributed by atoms with Crippen molar-refractivity contribution < 1.29 is 0 Å². The summed E-state index contributed by atoms with van der Waals surface area (Å²) in [5.74, 6) is 1.02. The Balaban J connectivity index is 1.40. The van der Waals surface area contributed by atoms with Crippen molar-refractivity contribution in [3.05, 3.63) is 35.4 Å². The summed E-state index contributed by atoms with van der Waals surface area (Å²) in [5, 5.41) is 0. The maximum atomic E-state index is 6.38. The fourth-order valence-corrected chi connectivity index (χ4v) is 3.34. The van der Waals surface area contributed by atoms with E-state index in [1.54, 1.807) is 0 Å². The fourth-order valence-electron chi connectivity index (χ4n) is 3.34. The highest BCUT2D eigenvalue weighted by Gasteiger charge is 2.26. The second kappa shape index (κ2) is 6.91. The number of hydrogen-bond acceptors (Lipinski definition) is 3. The van der Waals surface area contributed by atoms with Crippen LogP contribution in [0.25, 0.3) is 0 Å². The monoisotopic (exact) mass is 287 g/mol. The lowest BCUT2D eigenvalue weighted by atomic mass is 9.99. The smallest absolute Gasteiger partial charge is 0.0309 e. The van der Waals surface area contributed by atoms with Crippen molar-refractivity contribution in [3.63, 3.8) is 0 Å². The zero-order valence-corrected chi connectivity index (χ0v) is 13.3. The van der Waals surface area contributed by atoms with E-state index < -0.39 is 0 Å². The van der Waals surface area contributed by atoms with Crippen LogP contribution < -0.4 is 5.73 Å². The maximum Gasteiger partial charge on any atom is 0.0309 e. The fraction of sp³-hybridized carbons (Fsp3) is 0.667. The van der Waals surface area contributed by atoms with Crippen LogP contribution in [0.3, 0.4) is 0 Å². The summed E-state index contributed by atoms with van der Waals surface area (Å²) in [4.78, 5) is 5.23. The van der Waals surface area contributed by atoms with Crippen LogP contribution in [-0.4, -0.2) is 49.1 Å². The number of aryl methyl sites for hydroxylation is 1. The van der Waals surface area contributed by atoms with Crippen LogP contribution in [0.5, 0.6) is 0 Å². The van der Waals surface area contributed by atoms with Gasteiger partial charge >= 0.3 is 0 Å². The molecule has 1 aliphatic heterocycles. The summed E-state index contributed by atoms with van der Waals surface area (Å²) in [6, 6.07) is 8.69. The van der Waals surface area contributed by atoms with E-state index in [1.807, 2.05) is 0 Å². The van der Waals surface area contributed by atoms with E-state index in [0.717, 1.165) is 18.9 Å². The lowest BCUT2D eigenvalue weighted by molar-refractivity contribution is 0.126. The van der Waals surface area contributed by atoms with Crippen LogP contribution in [0.15, 0.2) is 24.3 Å². The SMILES string of the molecule is Cc1ccccc1C(N)CCN1CCN(CC2CC2)CC1. The van der Waals surface area contributed by atoms with Gasteiger partial charge in [-0.3, -0.25) is 0 Å². The lowest BCUT2D eigenvalue weighted by Gasteiger charge is -2.35. The highest BCUT2D eigenvalue weighted by atomic mass is 15.3. The minimum Gasteiger partial charge on any atom is -0.324 e. The van der Waals surface area contributed by atoms with Crippen molar-refractivity contribution in [3.8, 4) is 0 Å². The van der Waals surface area contributed by atoms with Crippen molar-refractivity contribution in [1.29, 1.82) is 0 Å². The molecule has 1 saturated carbocycles. The van der Waals surface area contributed by atoms with Crippen LogP contribution in [0.1, 0.15) is 36.4 Å². The van der Waals surface area contributed by atoms with E-state index in [9.17, 15) is 0 Å². The molecule has 116 valence electrons. The van der Waals surface area contributed by atoms with Gasteiger partial charge in [0.1, 0.15) is 0 Å². The largest absolute Gasteiger partial charge is 0.324 e. The Bertz CT molecular complexity index is 448. The van der Waals surface area contributed by atoms with Gasteiger partial charge in [0, 0.05) is 45.3 Å². The second-order valence-corrected chi connectivity index (χ2v) is 6.84. The van der Waals surface area contributed by atoms with Gasteiger partial charge in [0.25, 0.3) is 0 Å². The molecule has 0 spiro atoms. The summed E-state index contributed by atoms with van der Waals surface area (Å²) in [7, 11) is 0. The first kappa shape index (κ1) is 15.0. The highest BCUT2D eigenvalue weighted by molar-refractivity contribution is 5.28. The van der Waals surface area contributed by atoms with Gasteiger partial charge in [-0.15, -0.1) is 0 Å². The van der Waals surface area contributed by atoms with E-state index in [-0.39, 0.29) is 6.04 Å². The summed E-state index contributed by atoms with van der Waals surface area (Å²) >= 11 is 0. The Morgan fingerprint density at radius 2 is 1.76 bits per heavy atom. The molecule has 1 unspecified atom stereocenters. The third kappa shape index (κ3) is 4.29. The third-order valence-electron chi connectivity index (χ3n) is 5.02. The average molecular weight is 287 g/mol. The van der Waals surface area contributed by atoms with Crippen molar-refractivity contribution in [2.75, 3.05) is 39.3 Å². The van der Waals surface area contributed by atoms with Gasteiger partial charge in [0.15, 0.2) is 0 Å². The molecule has 0 amide bonds. The molecule has 1 atom stereocenters. The first-order valence-electron chi connectivity index (χ1n) is 8.48. The number of hydrogen-bond donors (Lipinski definition) is 1. The number of nitrogens with zero attached hydrogens (tertiary/aromatic N) is 2. The minimum absolute atomic E-state index is 0.177. The first-order chi connectivity index (χ1) is 10.2. The summed E-state index contributed by atoms with van der Waals surface area (Å²) in [6.45, 7) is 9.56. The third-order valence-corrected chi connectivity index (χ3v) is 5.02. The van der Waals surface area contributed by atoms with E-state index in [0.29, 0.717) is 0 Å². The number of nitrogens with two attached hydrogens (primary N) is 1. The molecule has 2 fully saturated rings. The maximum absolute atomic E-state index is 6.38. The molecule has 3 nitrogen and oxygen atoms in total. The Morgan fingerprint density at radius 1 is 1.10 bits per heavy atom. The summed E-state index contributed by atoms with van der Waals surface area (Å²) in [5.41, 5.74) is 9.01. The standard InChI is InChI=1S/C18H29N3/c1-15-4-2-3-5-17(15)18(19)8-9-20-10-12-21(13-11-20)14-16-6-7-16/h2-5,16,18H,6-14,19H2,1H3. The van der Waals surface area contributed by atoms with Crippen LogP contribution in [-0.2, 0) is 0 Å². The molecule has 2 aliphatic rings. The summed E-state index contributed by atoms with van der Waals surface area (Å²) in [6.07, 6.45) is 3.99. The highest BCUT2D eigenvalue weighted by Crippen LogP contribution is 2.30. The van der Waals surface area contributed by atoms with E-state index in [1.165, 1.54) is 56.7 Å². The second-order valence-electron chi connectivity index (χ2n) is 6.84. The molecular weight excluding hydrogens is 258 g/mol. The van der Waals surface area contributed by atoms with Gasteiger partial charge in [-0.2, -0.15) is 0 Å². The minimum atomic E-state index is 0.177. The molecule has 0 aromatic heterocycles. The molecule has 1 aliphatic carbocycles. The number of benzene rings is 1. The topological polar surface area (TPSA) is 32.5 Å². The molecule has 1 heterocycles. The lowest BCUT2D eigenvalue weighted by Crippen LogP contribution is -2.47. The summed E-state index contributed by atoms with van der Waals surface area (Å²) < 4.78 is 0. The Morgan fingerprint density at radius 3 is 2.43 bits per heavy atom. The van der Waals surface area contributed by atoms with Crippen molar-refractivity contribution in [2.24, 2.45) is 11.7 Å². The zero-order valence-electron chi connectivity index (χ0n) is 13.3. The van der Waals surface area contributed by atoms with Crippen LogP contribution >= 0.6 is 0 Å². The van der Waals surface area contributed by atoms with Gasteiger partial charge in [0.2, 0.25) is 0 Å². The van der Waals surface area contributed by atoms with Gasteiger partial charge in [-0.05, 0) is 43.2 Å². The molecule has 1 aromatic rings. The van der Waals surface area contributed by atoms with Crippen molar-refractivity contribution in [1.82, 2.24) is 9.80 Å². The predicted octanol–water partition coefficient (Wildman–Crippen LogP) is 2.41. The van der Waals surface area contributed by atoms with Gasteiger partial charge in [-0.1, -0.05) is 24.3 Å². The Hall–Kier alpha value is -0.900. The van der Waals surface area contributed by atoms with Gasteiger partial charge < -0.3 is 15.5 Å². The van der Waals surface area contributed by atoms with E-state index in [4.69, 9.17) is 5.73 Å². The molecule has 3 rings (SSSR count). The van der Waals surface area contributed by atoms with Crippen LogP contribution in [0.4, 0.5) is 0 Å². The predicted molar refractivity (Wildman–Crippen MR) is 88.3 cm³/mol. The first-order valence-corrected chi connectivity index (χ1v) is 8.48. The van der Waals surface area contributed by atoms with Gasteiger partial charge in [-0.25, -0.2) is 0 Å².